The van der Waals surface area contributed by atoms with E-state index in [2.05, 4.69) is 4.98 Å². The fraction of sp³-hybridized carbons (Fsp3) is 0.405. The highest BCUT2D eigenvalue weighted by Gasteiger charge is 2.49. The van der Waals surface area contributed by atoms with Gasteiger partial charge in [-0.05, 0) is 46.8 Å². The Bertz CT molecular complexity index is 1830. The van der Waals surface area contributed by atoms with Crippen LogP contribution in [0.2, 0.25) is 0 Å². The van der Waals surface area contributed by atoms with E-state index in [-0.39, 0.29) is 35.5 Å². The minimum atomic E-state index is -1.65. The van der Waals surface area contributed by atoms with E-state index in [9.17, 15) is 20.1 Å². The molecule has 13 nitrogen and oxygen atoms in total. The molecular formula is C37H39NO12. The summed E-state index contributed by atoms with van der Waals surface area (Å²) in [5.74, 6) is 1.30. The van der Waals surface area contributed by atoms with Crippen molar-refractivity contribution < 1.29 is 58.0 Å². The number of carbonyl (C=O) groups excluding carboxylic acids is 1. The van der Waals surface area contributed by atoms with Gasteiger partial charge in [0.25, 0.3) is 0 Å². The molecule has 50 heavy (non-hydrogen) atoms. The summed E-state index contributed by atoms with van der Waals surface area (Å²) in [5.41, 5.74) is 1.94. The van der Waals surface area contributed by atoms with Crippen molar-refractivity contribution >= 4 is 16.7 Å². The van der Waals surface area contributed by atoms with E-state index in [0.29, 0.717) is 35.8 Å². The van der Waals surface area contributed by atoms with Gasteiger partial charge in [0.2, 0.25) is 6.29 Å². The van der Waals surface area contributed by atoms with E-state index in [1.807, 2.05) is 36.4 Å². The quantitative estimate of drug-likeness (QED) is 0.208. The number of benzene rings is 3. The number of aromatic nitrogens is 1. The summed E-state index contributed by atoms with van der Waals surface area (Å²) < 4.78 is 46.4. The Morgan fingerprint density at radius 2 is 1.38 bits per heavy atom. The molecule has 0 amide bonds. The van der Waals surface area contributed by atoms with Crippen LogP contribution in [0.4, 0.5) is 0 Å². The number of hydrogen-bond acceptors (Lipinski definition) is 13. The van der Waals surface area contributed by atoms with Gasteiger partial charge in [-0.2, -0.15) is 0 Å². The maximum atomic E-state index is 13.0. The smallest absolute Gasteiger partial charge is 0.357 e. The van der Waals surface area contributed by atoms with Crippen molar-refractivity contribution in [1.29, 1.82) is 0 Å². The molecule has 0 radical (unpaired) electrons. The molecule has 0 aliphatic carbocycles. The number of carbonyl (C=O) groups is 1. The topological polar surface area (TPSA) is 164 Å². The van der Waals surface area contributed by atoms with Crippen molar-refractivity contribution in [1.82, 2.24) is 4.98 Å². The minimum Gasteiger partial charge on any atom is -0.493 e. The molecule has 0 unspecified atom stereocenters. The molecule has 3 fully saturated rings. The highest BCUT2D eigenvalue weighted by atomic mass is 16.7. The van der Waals surface area contributed by atoms with Gasteiger partial charge in [-0.3, -0.25) is 0 Å². The van der Waals surface area contributed by atoms with Crippen LogP contribution in [0.25, 0.3) is 10.8 Å². The monoisotopic (exact) mass is 689 g/mol. The molecule has 0 saturated carbocycles. The average Bonchev–Trinajstić information content (AvgIpc) is 3.77. The van der Waals surface area contributed by atoms with Crippen LogP contribution in [0, 0.1) is 11.8 Å². The highest BCUT2D eigenvalue weighted by molar-refractivity contribution is 6.02. The molecule has 0 spiro atoms. The maximum absolute atomic E-state index is 13.0. The Hall–Kier alpha value is -4.50. The first-order chi connectivity index (χ1) is 24.3. The zero-order valence-corrected chi connectivity index (χ0v) is 27.7. The van der Waals surface area contributed by atoms with E-state index in [0.717, 1.165) is 16.5 Å². The summed E-state index contributed by atoms with van der Waals surface area (Å²) in [5, 5.41) is 33.5. The van der Waals surface area contributed by atoms with Crippen molar-refractivity contribution in [3.05, 3.63) is 89.7 Å². The molecule has 3 aromatic carbocycles. The van der Waals surface area contributed by atoms with Gasteiger partial charge in [-0.1, -0.05) is 36.4 Å². The first-order valence-corrected chi connectivity index (χ1v) is 16.3. The lowest BCUT2D eigenvalue weighted by atomic mass is 9.85. The lowest BCUT2D eigenvalue weighted by molar-refractivity contribution is -0.277. The number of esters is 1. The van der Waals surface area contributed by atoms with E-state index >= 15 is 0 Å². The van der Waals surface area contributed by atoms with Gasteiger partial charge in [-0.25, -0.2) is 9.78 Å². The summed E-state index contributed by atoms with van der Waals surface area (Å²) in [4.78, 5) is 17.1. The number of fused-ring (bicyclic) bond motifs is 2. The fourth-order valence-corrected chi connectivity index (χ4v) is 7.01. The molecule has 4 heterocycles. The number of methoxy groups -OCH3 is 3. The van der Waals surface area contributed by atoms with Gasteiger partial charge in [0, 0.05) is 23.4 Å². The van der Waals surface area contributed by atoms with Crippen molar-refractivity contribution in [3.63, 3.8) is 0 Å². The first-order valence-electron chi connectivity index (χ1n) is 16.3. The number of aliphatic hydroxyl groups is 3. The molecule has 4 aromatic rings. The van der Waals surface area contributed by atoms with Gasteiger partial charge in [0.1, 0.15) is 31.0 Å². The van der Waals surface area contributed by atoms with Gasteiger partial charge >= 0.3 is 5.97 Å². The molecule has 1 aromatic heterocycles. The second-order valence-electron chi connectivity index (χ2n) is 12.5. The second kappa shape index (κ2) is 14.4. The first kappa shape index (κ1) is 34.0. The van der Waals surface area contributed by atoms with Crippen molar-refractivity contribution in [2.24, 2.45) is 11.8 Å². The van der Waals surface area contributed by atoms with Crippen molar-refractivity contribution in [2.75, 3.05) is 41.2 Å². The fourth-order valence-electron chi connectivity index (χ4n) is 7.01. The number of hydrogen-bond donors (Lipinski definition) is 3. The summed E-state index contributed by atoms with van der Waals surface area (Å²) in [7, 11) is 4.68. The second-order valence-corrected chi connectivity index (χ2v) is 12.5. The Morgan fingerprint density at radius 1 is 0.760 bits per heavy atom. The average molecular weight is 690 g/mol. The van der Waals surface area contributed by atoms with Crippen molar-refractivity contribution in [2.45, 2.75) is 42.9 Å². The zero-order valence-electron chi connectivity index (χ0n) is 27.7. The minimum absolute atomic E-state index is 0.0808. The molecular weight excluding hydrogens is 650 g/mol. The number of pyridine rings is 1. The van der Waals surface area contributed by atoms with Crippen molar-refractivity contribution in [3.8, 4) is 23.0 Å². The summed E-state index contributed by atoms with van der Waals surface area (Å²) >= 11 is 0. The summed E-state index contributed by atoms with van der Waals surface area (Å²) in [6, 6.07) is 20.1. The highest BCUT2D eigenvalue weighted by Crippen LogP contribution is 2.51. The molecule has 264 valence electrons. The number of rotatable bonds is 10. The Kier molecular flexibility index (Phi) is 9.78. The maximum Gasteiger partial charge on any atom is 0.357 e. The molecule has 3 aliphatic rings. The molecule has 0 bridgehead atoms. The molecule has 7 rings (SSSR count). The van der Waals surface area contributed by atoms with E-state index in [1.54, 1.807) is 44.6 Å². The summed E-state index contributed by atoms with van der Waals surface area (Å²) in [6.07, 6.45) is -6.41. The summed E-state index contributed by atoms with van der Waals surface area (Å²) in [6.45, 7) is 0.568. The predicted molar refractivity (Wildman–Crippen MR) is 176 cm³/mol. The SMILES string of the molecule is COc1ccc([C@H]2OC[C@@H]3[C@H]2CO[C@@H]3c2ccc(O[C@@H]3O[C@@H](COC(=O)c4nccc5ccccc45)[C@H](O)[C@@H](O)[C@@H]3O)c(OC)c2)cc1OC. The van der Waals surface area contributed by atoms with Crippen LogP contribution in [0.1, 0.15) is 33.8 Å². The third-order valence-electron chi connectivity index (χ3n) is 9.67. The van der Waals surface area contributed by atoms with Gasteiger partial charge in [-0.15, -0.1) is 0 Å². The number of aliphatic hydroxyl groups excluding tert-OH is 3. The molecule has 3 aliphatic heterocycles. The molecule has 9 atom stereocenters. The van der Waals surface area contributed by atoms with Gasteiger partial charge < -0.3 is 53.2 Å². The number of nitrogens with zero attached hydrogens (tertiary/aromatic N) is 1. The van der Waals surface area contributed by atoms with E-state index in [1.165, 1.54) is 13.3 Å². The van der Waals surface area contributed by atoms with Crippen LogP contribution >= 0.6 is 0 Å². The van der Waals surface area contributed by atoms with Gasteiger partial charge in [0.15, 0.2) is 28.7 Å². The van der Waals surface area contributed by atoms with Crippen LogP contribution in [-0.2, 0) is 18.9 Å². The largest absolute Gasteiger partial charge is 0.493 e. The zero-order chi connectivity index (χ0) is 34.9. The van der Waals surface area contributed by atoms with Gasteiger partial charge in [0.05, 0.1) is 46.8 Å². The van der Waals surface area contributed by atoms with Crippen LogP contribution in [-0.4, -0.2) is 98.1 Å². The molecule has 3 N–H and O–H groups in total. The third-order valence-corrected chi connectivity index (χ3v) is 9.67. The molecule has 3 saturated heterocycles. The van der Waals surface area contributed by atoms with Crippen LogP contribution < -0.4 is 18.9 Å². The van der Waals surface area contributed by atoms with E-state index in [4.69, 9.17) is 37.9 Å². The molecule has 13 heteroatoms. The Labute approximate surface area is 288 Å². The van der Waals surface area contributed by atoms with Crippen LogP contribution in [0.5, 0.6) is 23.0 Å². The third kappa shape index (κ3) is 6.32. The van der Waals surface area contributed by atoms with E-state index < -0.39 is 43.3 Å². The normalized spacial score (nSPS) is 29.0. The van der Waals surface area contributed by atoms with Crippen LogP contribution in [0.15, 0.2) is 72.9 Å². The van der Waals surface area contributed by atoms with Crippen LogP contribution in [0.3, 0.4) is 0 Å². The lowest BCUT2D eigenvalue weighted by Crippen LogP contribution is -2.60. The predicted octanol–water partition coefficient (Wildman–Crippen LogP) is 3.38. The Morgan fingerprint density at radius 3 is 2.04 bits per heavy atom. The Balaban J connectivity index is 1.03. The lowest BCUT2D eigenvalue weighted by Gasteiger charge is -2.40. The number of ether oxygens (including phenoxy) is 8. The standard InChI is InChI=1S/C37H39NO12/c1-43-25-10-8-20(14-27(25)44-2)34-23-16-47-35(24(23)17-46-34)21-9-11-26(28(15-21)45-3)49-37-33(41)32(40)31(39)29(50-37)18-48-36(42)30-22-7-5-4-6-19(22)12-13-38-30/h4-15,23-24,29,31-35,37,39-41H,16-18H2,1-3H3/t23-,24-,29+,31+,32-,33+,34-,35-,37-/m1/s1.